The molecule has 1 aromatic rings. The molecule has 0 aliphatic carbocycles. The van der Waals surface area contributed by atoms with E-state index in [9.17, 15) is 9.59 Å². The summed E-state index contributed by atoms with van der Waals surface area (Å²) in [5, 5.41) is 4.28. The number of esters is 2. The van der Waals surface area contributed by atoms with E-state index in [1.807, 2.05) is 20.8 Å². The van der Waals surface area contributed by atoms with Crippen LogP contribution in [0.5, 0.6) is 0 Å². The van der Waals surface area contributed by atoms with Crippen molar-refractivity contribution in [3.8, 4) is 0 Å². The second-order valence-electron chi connectivity index (χ2n) is 4.73. The van der Waals surface area contributed by atoms with Gasteiger partial charge in [-0.05, 0) is 20.8 Å². The highest BCUT2D eigenvalue weighted by molar-refractivity contribution is 8.00. The Kier molecular flexibility index (Phi) is 3.34. The molecule has 1 aliphatic heterocycles. The number of rotatable bonds is 2. The minimum atomic E-state index is -0.629. The average molecular weight is 284 g/mol. The van der Waals surface area contributed by atoms with E-state index in [4.69, 9.17) is 4.74 Å². The van der Waals surface area contributed by atoms with Gasteiger partial charge in [-0.2, -0.15) is 5.10 Å². The van der Waals surface area contributed by atoms with Gasteiger partial charge in [0.05, 0.1) is 30.0 Å². The van der Waals surface area contributed by atoms with E-state index >= 15 is 0 Å². The van der Waals surface area contributed by atoms with Gasteiger partial charge in [0.25, 0.3) is 0 Å². The molecule has 0 aromatic carbocycles. The molecule has 0 N–H and O–H groups in total. The Morgan fingerprint density at radius 1 is 1.26 bits per heavy atom. The molecule has 0 saturated heterocycles. The van der Waals surface area contributed by atoms with Crippen molar-refractivity contribution in [2.45, 2.75) is 30.9 Å². The minimum Gasteiger partial charge on any atom is -0.465 e. The van der Waals surface area contributed by atoms with Gasteiger partial charge in [-0.3, -0.25) is 4.68 Å². The summed E-state index contributed by atoms with van der Waals surface area (Å²) in [5.74, 6) is -1.19. The van der Waals surface area contributed by atoms with Gasteiger partial charge in [-0.1, -0.05) is 0 Å². The van der Waals surface area contributed by atoms with Crippen molar-refractivity contribution in [3.63, 3.8) is 0 Å². The predicted molar refractivity (Wildman–Crippen MR) is 70.2 cm³/mol. The van der Waals surface area contributed by atoms with Crippen molar-refractivity contribution in [1.82, 2.24) is 9.78 Å². The molecule has 2 rings (SSSR count). The van der Waals surface area contributed by atoms with Crippen LogP contribution in [-0.2, 0) is 14.2 Å². The lowest BCUT2D eigenvalue weighted by atomic mass is 10.0. The number of thioether (sulfide) groups is 1. The van der Waals surface area contributed by atoms with E-state index in [1.54, 1.807) is 16.4 Å². The molecule has 7 heteroatoms. The third-order valence-corrected chi connectivity index (χ3v) is 4.38. The van der Waals surface area contributed by atoms with Crippen molar-refractivity contribution in [2.75, 3.05) is 14.2 Å². The lowest BCUT2D eigenvalue weighted by Gasteiger charge is -2.17. The Balaban J connectivity index is 2.70. The van der Waals surface area contributed by atoms with E-state index in [1.165, 1.54) is 14.2 Å². The van der Waals surface area contributed by atoms with Gasteiger partial charge in [-0.25, -0.2) is 9.59 Å². The smallest absolute Gasteiger partial charge is 0.359 e. The number of carbonyl (C=O) groups excluding carboxylic acids is 2. The number of methoxy groups -OCH3 is 2. The summed E-state index contributed by atoms with van der Waals surface area (Å²) in [7, 11) is 2.54. The lowest BCUT2D eigenvalue weighted by molar-refractivity contribution is 0.0550. The summed E-state index contributed by atoms with van der Waals surface area (Å²) in [5.41, 5.74) is 0.929. The molecule has 1 aromatic heterocycles. The summed E-state index contributed by atoms with van der Waals surface area (Å²) in [6.07, 6.45) is 0. The zero-order valence-corrected chi connectivity index (χ0v) is 12.3. The Hall–Kier alpha value is -1.50. The molecule has 19 heavy (non-hydrogen) atoms. The second kappa shape index (κ2) is 4.56. The van der Waals surface area contributed by atoms with E-state index in [0.717, 1.165) is 0 Å². The van der Waals surface area contributed by atoms with E-state index in [0.29, 0.717) is 5.69 Å². The minimum absolute atomic E-state index is 0.0181. The van der Waals surface area contributed by atoms with Crippen molar-refractivity contribution in [2.24, 2.45) is 0 Å². The fourth-order valence-electron chi connectivity index (χ4n) is 2.34. The number of hydrogen-bond acceptors (Lipinski definition) is 6. The number of hydrogen-bond donors (Lipinski definition) is 0. The summed E-state index contributed by atoms with van der Waals surface area (Å²) < 4.78 is 10.8. The third kappa shape index (κ3) is 2.01. The van der Waals surface area contributed by atoms with Gasteiger partial charge < -0.3 is 9.47 Å². The van der Waals surface area contributed by atoms with Crippen LogP contribution in [0.1, 0.15) is 52.7 Å². The van der Waals surface area contributed by atoms with Crippen LogP contribution in [0.3, 0.4) is 0 Å². The lowest BCUT2D eigenvalue weighted by Crippen LogP contribution is -2.17. The Bertz CT molecular complexity index is 550. The highest BCUT2D eigenvalue weighted by Crippen LogP contribution is 2.51. The standard InChI is InChI=1S/C12H16N2O4S/c1-6-14-9(12(2,3)19-6)7(10(15)17-4)8(13-14)11(16)18-5/h6H,1-5H3. The van der Waals surface area contributed by atoms with Crippen LogP contribution in [0.25, 0.3) is 0 Å². The molecule has 0 fully saturated rings. The molecule has 0 radical (unpaired) electrons. The average Bonchev–Trinajstić information content (AvgIpc) is 2.85. The summed E-state index contributed by atoms with van der Waals surface area (Å²) >= 11 is 1.67. The van der Waals surface area contributed by atoms with Gasteiger partial charge in [0.1, 0.15) is 5.56 Å². The first-order valence-corrected chi connectivity index (χ1v) is 6.69. The SMILES string of the molecule is COC(=O)c1nn2c(c1C(=O)OC)C(C)(C)SC2C. The predicted octanol–water partition coefficient (Wildman–Crippen LogP) is 1.96. The van der Waals surface area contributed by atoms with E-state index in [-0.39, 0.29) is 21.4 Å². The van der Waals surface area contributed by atoms with Crippen molar-refractivity contribution in [1.29, 1.82) is 0 Å². The highest BCUT2D eigenvalue weighted by atomic mass is 32.2. The van der Waals surface area contributed by atoms with Crippen molar-refractivity contribution in [3.05, 3.63) is 17.0 Å². The van der Waals surface area contributed by atoms with Gasteiger partial charge >= 0.3 is 11.9 Å². The molecule has 0 spiro atoms. The summed E-state index contributed by atoms with van der Waals surface area (Å²) in [4.78, 5) is 23.7. The number of nitrogens with zero attached hydrogens (tertiary/aromatic N) is 2. The number of fused-ring (bicyclic) bond motifs is 1. The maximum absolute atomic E-state index is 12.0. The first-order chi connectivity index (χ1) is 8.83. The normalized spacial score (nSPS) is 19.9. The largest absolute Gasteiger partial charge is 0.465 e. The Morgan fingerprint density at radius 2 is 1.84 bits per heavy atom. The maximum atomic E-state index is 12.0. The van der Waals surface area contributed by atoms with Crippen LogP contribution in [0.2, 0.25) is 0 Å². The second-order valence-corrected chi connectivity index (χ2v) is 6.67. The van der Waals surface area contributed by atoms with Crippen LogP contribution in [0, 0.1) is 0 Å². The topological polar surface area (TPSA) is 70.4 Å². The Labute approximate surface area is 115 Å². The molecule has 0 saturated carbocycles. The van der Waals surface area contributed by atoms with Crippen LogP contribution in [0.4, 0.5) is 0 Å². The fourth-order valence-corrected chi connectivity index (χ4v) is 3.75. The number of ether oxygens (including phenoxy) is 2. The van der Waals surface area contributed by atoms with Crippen LogP contribution >= 0.6 is 11.8 Å². The molecule has 1 atom stereocenters. The molecule has 104 valence electrons. The molecule has 0 bridgehead atoms. The fraction of sp³-hybridized carbons (Fsp3) is 0.583. The van der Waals surface area contributed by atoms with Gasteiger partial charge in [-0.15, -0.1) is 11.8 Å². The van der Waals surface area contributed by atoms with Crippen LogP contribution in [-0.4, -0.2) is 35.9 Å². The van der Waals surface area contributed by atoms with Gasteiger partial charge in [0, 0.05) is 0 Å². The molecule has 1 unspecified atom stereocenters. The van der Waals surface area contributed by atoms with Crippen LogP contribution < -0.4 is 0 Å². The number of carbonyl (C=O) groups is 2. The molecule has 1 aliphatic rings. The van der Waals surface area contributed by atoms with Crippen molar-refractivity contribution >= 4 is 23.7 Å². The maximum Gasteiger partial charge on any atom is 0.359 e. The first kappa shape index (κ1) is 13.9. The molecule has 6 nitrogen and oxygen atoms in total. The number of aromatic nitrogens is 2. The third-order valence-electron chi connectivity index (χ3n) is 3.06. The summed E-state index contributed by atoms with van der Waals surface area (Å²) in [6, 6.07) is 0. The Morgan fingerprint density at radius 3 is 2.37 bits per heavy atom. The zero-order valence-electron chi connectivity index (χ0n) is 11.5. The molecule has 0 amide bonds. The van der Waals surface area contributed by atoms with E-state index in [2.05, 4.69) is 9.84 Å². The van der Waals surface area contributed by atoms with Gasteiger partial charge in [0.15, 0.2) is 5.69 Å². The highest BCUT2D eigenvalue weighted by Gasteiger charge is 2.44. The molecular formula is C12H16N2O4S. The zero-order chi connectivity index (χ0) is 14.4. The summed E-state index contributed by atoms with van der Waals surface area (Å²) in [6.45, 7) is 5.95. The van der Waals surface area contributed by atoms with Gasteiger partial charge in [0.2, 0.25) is 0 Å². The quantitative estimate of drug-likeness (QED) is 0.773. The van der Waals surface area contributed by atoms with E-state index < -0.39 is 11.9 Å². The molecule has 2 heterocycles. The van der Waals surface area contributed by atoms with Crippen molar-refractivity contribution < 1.29 is 19.1 Å². The first-order valence-electron chi connectivity index (χ1n) is 5.81. The monoisotopic (exact) mass is 284 g/mol. The molecular weight excluding hydrogens is 268 g/mol. The van der Waals surface area contributed by atoms with Crippen LogP contribution in [0.15, 0.2) is 0 Å².